The number of nitrogens with one attached hydrogen (secondary N) is 2. The second kappa shape index (κ2) is 5.83. The molecule has 21 heavy (non-hydrogen) atoms. The first-order valence-electron chi connectivity index (χ1n) is 6.91. The Balaban J connectivity index is 1.60. The van der Waals surface area contributed by atoms with Crippen LogP contribution in [-0.4, -0.2) is 11.8 Å². The lowest BCUT2D eigenvalue weighted by Crippen LogP contribution is -2.24. The van der Waals surface area contributed by atoms with Crippen LogP contribution in [0.5, 0.6) is 0 Å². The van der Waals surface area contributed by atoms with Gasteiger partial charge in [-0.2, -0.15) is 0 Å². The van der Waals surface area contributed by atoms with E-state index in [0.29, 0.717) is 19.4 Å². The van der Waals surface area contributed by atoms with Crippen molar-refractivity contribution in [2.45, 2.75) is 25.8 Å². The maximum absolute atomic E-state index is 11.9. The molecular weight excluding hydrogens is 268 g/mol. The highest BCUT2D eigenvalue weighted by Gasteiger charge is 2.15. The van der Waals surface area contributed by atoms with Gasteiger partial charge in [0.05, 0.1) is 19.2 Å². The van der Waals surface area contributed by atoms with E-state index in [0.717, 1.165) is 29.0 Å². The van der Waals surface area contributed by atoms with Crippen molar-refractivity contribution in [3.8, 4) is 0 Å². The Bertz CT molecular complexity index is 662. The lowest BCUT2D eigenvalue weighted by Gasteiger charge is -2.17. The molecule has 5 heteroatoms. The third-order valence-electron chi connectivity index (χ3n) is 3.47. The van der Waals surface area contributed by atoms with E-state index >= 15 is 0 Å². The molecule has 1 aliphatic heterocycles. The number of hydrogen-bond donors (Lipinski definition) is 2. The van der Waals surface area contributed by atoms with Crippen molar-refractivity contribution in [2.24, 2.45) is 0 Å². The van der Waals surface area contributed by atoms with E-state index in [9.17, 15) is 9.59 Å². The molecule has 2 aromatic rings. The van der Waals surface area contributed by atoms with E-state index in [2.05, 4.69) is 10.6 Å². The molecule has 0 radical (unpaired) electrons. The molecule has 2 heterocycles. The first-order valence-corrected chi connectivity index (χ1v) is 6.91. The summed E-state index contributed by atoms with van der Waals surface area (Å²) >= 11 is 0. The second-order valence-electron chi connectivity index (χ2n) is 5.07. The topological polar surface area (TPSA) is 71.3 Å². The van der Waals surface area contributed by atoms with Crippen molar-refractivity contribution >= 4 is 17.5 Å². The third-order valence-corrected chi connectivity index (χ3v) is 3.47. The smallest absolute Gasteiger partial charge is 0.224 e. The highest BCUT2D eigenvalue weighted by Crippen LogP contribution is 2.23. The van der Waals surface area contributed by atoms with Crippen LogP contribution in [0.4, 0.5) is 5.69 Å². The molecule has 0 spiro atoms. The van der Waals surface area contributed by atoms with Crippen LogP contribution in [0.2, 0.25) is 0 Å². The summed E-state index contributed by atoms with van der Waals surface area (Å²) in [5, 5.41) is 5.65. The SMILES string of the molecule is O=C(Cc1ccc2c(c1)CCC(=O)N2)NCc1ccco1. The minimum atomic E-state index is -0.0498. The van der Waals surface area contributed by atoms with Gasteiger partial charge in [-0.3, -0.25) is 9.59 Å². The fourth-order valence-electron chi connectivity index (χ4n) is 2.39. The van der Waals surface area contributed by atoms with Crippen molar-refractivity contribution in [1.82, 2.24) is 5.32 Å². The first kappa shape index (κ1) is 13.4. The molecule has 0 unspecified atom stereocenters. The number of fused-ring (bicyclic) bond motifs is 1. The Morgan fingerprint density at radius 3 is 3.00 bits per heavy atom. The van der Waals surface area contributed by atoms with E-state index in [1.807, 2.05) is 24.3 Å². The molecule has 5 nitrogen and oxygen atoms in total. The van der Waals surface area contributed by atoms with Gasteiger partial charge in [-0.1, -0.05) is 12.1 Å². The highest BCUT2D eigenvalue weighted by molar-refractivity contribution is 5.94. The molecule has 0 aliphatic carbocycles. The number of anilines is 1. The molecule has 1 aliphatic rings. The molecule has 2 N–H and O–H groups in total. The maximum atomic E-state index is 11.9. The Morgan fingerprint density at radius 1 is 1.29 bits per heavy atom. The van der Waals surface area contributed by atoms with Crippen LogP contribution in [0.25, 0.3) is 0 Å². The summed E-state index contributed by atoms with van der Waals surface area (Å²) in [6.45, 7) is 0.396. The van der Waals surface area contributed by atoms with E-state index in [1.165, 1.54) is 0 Å². The van der Waals surface area contributed by atoms with Crippen LogP contribution >= 0.6 is 0 Å². The predicted molar refractivity (Wildman–Crippen MR) is 77.7 cm³/mol. The van der Waals surface area contributed by atoms with Gasteiger partial charge in [0.1, 0.15) is 5.76 Å². The number of carbonyl (C=O) groups excluding carboxylic acids is 2. The fraction of sp³-hybridized carbons (Fsp3) is 0.250. The second-order valence-corrected chi connectivity index (χ2v) is 5.07. The van der Waals surface area contributed by atoms with Crippen molar-refractivity contribution < 1.29 is 14.0 Å². The van der Waals surface area contributed by atoms with Gasteiger partial charge in [-0.15, -0.1) is 0 Å². The van der Waals surface area contributed by atoms with Crippen LogP contribution in [0, 0.1) is 0 Å². The minimum absolute atomic E-state index is 0.0476. The van der Waals surface area contributed by atoms with E-state index in [1.54, 1.807) is 12.3 Å². The molecular formula is C16H16N2O3. The van der Waals surface area contributed by atoms with Gasteiger partial charge < -0.3 is 15.1 Å². The molecule has 1 aromatic carbocycles. The Labute approximate surface area is 122 Å². The van der Waals surface area contributed by atoms with E-state index < -0.39 is 0 Å². The normalized spacial score (nSPS) is 13.4. The van der Waals surface area contributed by atoms with Crippen molar-refractivity contribution in [3.63, 3.8) is 0 Å². The molecule has 3 rings (SSSR count). The molecule has 108 valence electrons. The number of hydrogen-bond acceptors (Lipinski definition) is 3. The number of aryl methyl sites for hydroxylation is 1. The van der Waals surface area contributed by atoms with Gasteiger partial charge in [0.25, 0.3) is 0 Å². The Morgan fingerprint density at radius 2 is 2.19 bits per heavy atom. The summed E-state index contributed by atoms with van der Waals surface area (Å²) in [6.07, 6.45) is 3.13. The molecule has 0 saturated carbocycles. The van der Waals surface area contributed by atoms with Crippen LogP contribution in [0.3, 0.4) is 0 Å². The summed E-state index contributed by atoms with van der Waals surface area (Å²) in [6, 6.07) is 9.33. The first-order chi connectivity index (χ1) is 10.2. The average Bonchev–Trinajstić information content (AvgIpc) is 2.99. The average molecular weight is 284 g/mol. The van der Waals surface area contributed by atoms with Crippen LogP contribution in [0.1, 0.15) is 23.3 Å². The fourth-order valence-corrected chi connectivity index (χ4v) is 2.39. The Kier molecular flexibility index (Phi) is 3.73. The number of rotatable bonds is 4. The number of benzene rings is 1. The number of carbonyl (C=O) groups is 2. The molecule has 0 saturated heterocycles. The lowest BCUT2D eigenvalue weighted by atomic mass is 9.99. The zero-order valence-corrected chi connectivity index (χ0v) is 11.5. The predicted octanol–water partition coefficient (Wildman–Crippen LogP) is 2.02. The van der Waals surface area contributed by atoms with Gasteiger partial charge in [0.2, 0.25) is 11.8 Å². The van der Waals surface area contributed by atoms with Crippen molar-refractivity contribution in [2.75, 3.05) is 5.32 Å². The molecule has 2 amide bonds. The van der Waals surface area contributed by atoms with Gasteiger partial charge in [-0.25, -0.2) is 0 Å². The number of amides is 2. The summed E-state index contributed by atoms with van der Waals surface area (Å²) in [4.78, 5) is 23.2. The lowest BCUT2D eigenvalue weighted by molar-refractivity contribution is -0.120. The highest BCUT2D eigenvalue weighted by atomic mass is 16.3. The zero-order valence-electron chi connectivity index (χ0n) is 11.5. The maximum Gasteiger partial charge on any atom is 0.224 e. The summed E-state index contributed by atoms with van der Waals surface area (Å²) in [5.41, 5.74) is 2.89. The number of furan rings is 1. The van der Waals surface area contributed by atoms with Crippen molar-refractivity contribution in [3.05, 3.63) is 53.5 Å². The quantitative estimate of drug-likeness (QED) is 0.902. The molecule has 1 aromatic heterocycles. The third kappa shape index (κ3) is 3.31. The van der Waals surface area contributed by atoms with Crippen molar-refractivity contribution in [1.29, 1.82) is 0 Å². The van der Waals surface area contributed by atoms with Gasteiger partial charge in [0.15, 0.2) is 0 Å². The van der Waals surface area contributed by atoms with Crippen LogP contribution in [-0.2, 0) is 29.0 Å². The Hall–Kier alpha value is -2.56. The minimum Gasteiger partial charge on any atom is -0.467 e. The molecule has 0 bridgehead atoms. The molecule has 0 atom stereocenters. The van der Waals surface area contributed by atoms with Gasteiger partial charge in [0, 0.05) is 12.1 Å². The monoisotopic (exact) mass is 284 g/mol. The van der Waals surface area contributed by atoms with Gasteiger partial charge in [-0.05, 0) is 35.7 Å². The van der Waals surface area contributed by atoms with E-state index in [4.69, 9.17) is 4.42 Å². The standard InChI is InChI=1S/C16H16N2O3/c19-15-6-4-12-8-11(3-5-14(12)18-15)9-16(20)17-10-13-2-1-7-21-13/h1-3,5,7-8H,4,6,9-10H2,(H,17,20)(H,18,19). The summed E-state index contributed by atoms with van der Waals surface area (Å²) in [5.74, 6) is 0.731. The van der Waals surface area contributed by atoms with Gasteiger partial charge >= 0.3 is 0 Å². The summed E-state index contributed by atoms with van der Waals surface area (Å²) in [7, 11) is 0. The molecule has 0 fully saturated rings. The van der Waals surface area contributed by atoms with Crippen LogP contribution < -0.4 is 10.6 Å². The van der Waals surface area contributed by atoms with Crippen LogP contribution in [0.15, 0.2) is 41.0 Å². The van der Waals surface area contributed by atoms with E-state index in [-0.39, 0.29) is 11.8 Å². The summed E-state index contributed by atoms with van der Waals surface area (Å²) < 4.78 is 5.16. The zero-order chi connectivity index (χ0) is 14.7. The largest absolute Gasteiger partial charge is 0.467 e.